The maximum Gasteiger partial charge on any atom is 0.308 e. The fourth-order valence-corrected chi connectivity index (χ4v) is 4.04. The smallest absolute Gasteiger partial charge is 0.308 e. The first-order chi connectivity index (χ1) is 22.6. The monoisotopic (exact) mass is 696 g/mol. The van der Waals surface area contributed by atoms with E-state index in [0.29, 0.717) is 5.56 Å². The molecule has 1 aromatic carbocycles. The molecule has 0 aromatic heterocycles. The molecular formula is C31H48N6O10S. The lowest BCUT2D eigenvalue weighted by Gasteiger charge is -2.24. The number of amides is 5. The Morgan fingerprint density at radius 2 is 1.60 bits per heavy atom. The third kappa shape index (κ3) is 15.2. The highest BCUT2D eigenvalue weighted by molar-refractivity contribution is 7.80. The van der Waals surface area contributed by atoms with Crippen LogP contribution in [0.2, 0.25) is 0 Å². The summed E-state index contributed by atoms with van der Waals surface area (Å²) in [5.74, 6) is -4.70. The quantitative estimate of drug-likeness (QED) is 0.0442. The Balaban J connectivity index is 2.80. The van der Waals surface area contributed by atoms with Crippen LogP contribution in [0.3, 0.4) is 0 Å². The number of esters is 1. The Morgan fingerprint density at radius 1 is 0.917 bits per heavy atom. The third-order valence-corrected chi connectivity index (χ3v) is 6.96. The molecule has 0 heterocycles. The maximum absolute atomic E-state index is 12.8. The maximum atomic E-state index is 12.8. The summed E-state index contributed by atoms with van der Waals surface area (Å²) in [6.07, 6.45) is -1.25. The third-order valence-electron chi connectivity index (χ3n) is 6.60. The van der Waals surface area contributed by atoms with E-state index in [4.69, 9.17) is 15.2 Å². The van der Waals surface area contributed by atoms with Crippen LogP contribution in [0.25, 0.3) is 0 Å². The van der Waals surface area contributed by atoms with E-state index in [1.807, 2.05) is 0 Å². The predicted molar refractivity (Wildman–Crippen MR) is 179 cm³/mol. The predicted octanol–water partition coefficient (Wildman–Crippen LogP) is -0.959. The summed E-state index contributed by atoms with van der Waals surface area (Å²) >= 11 is 4.07. The molecule has 3 unspecified atom stereocenters. The Kier molecular flexibility index (Phi) is 19.0. The zero-order valence-corrected chi connectivity index (χ0v) is 28.8. The highest BCUT2D eigenvalue weighted by atomic mass is 32.1. The number of hydrogen-bond donors (Lipinski definition) is 8. The summed E-state index contributed by atoms with van der Waals surface area (Å²) in [7, 11) is 0. The number of carbonyl (C=O) groups is 7. The van der Waals surface area contributed by atoms with Gasteiger partial charge in [-0.25, -0.2) is 0 Å². The molecule has 0 saturated carbocycles. The van der Waals surface area contributed by atoms with E-state index in [-0.39, 0.29) is 67.3 Å². The molecule has 268 valence electrons. The number of rotatable bonds is 21. The average Bonchev–Trinajstić information content (AvgIpc) is 3.04. The summed E-state index contributed by atoms with van der Waals surface area (Å²) in [5, 5.41) is 22.4. The number of hydrogen-bond acceptors (Lipinski definition) is 12. The van der Waals surface area contributed by atoms with Crippen molar-refractivity contribution in [2.24, 2.45) is 17.6 Å². The normalized spacial score (nSPS) is 12.8. The Morgan fingerprint density at radius 3 is 2.19 bits per heavy atom. The van der Waals surface area contributed by atoms with Crippen LogP contribution >= 0.6 is 12.6 Å². The molecular weight excluding hydrogens is 648 g/mol. The summed E-state index contributed by atoms with van der Waals surface area (Å²) < 4.78 is 10.4. The van der Waals surface area contributed by atoms with Crippen molar-refractivity contribution in [2.45, 2.75) is 65.8 Å². The van der Waals surface area contributed by atoms with Crippen LogP contribution in [-0.2, 0) is 44.8 Å². The molecule has 0 radical (unpaired) electrons. The average molecular weight is 697 g/mol. The Hall–Kier alpha value is -4.06. The summed E-state index contributed by atoms with van der Waals surface area (Å²) in [5.41, 5.74) is 6.20. The van der Waals surface area contributed by atoms with Crippen molar-refractivity contribution in [2.75, 3.05) is 43.9 Å². The highest BCUT2D eigenvalue weighted by Crippen LogP contribution is 2.18. The molecule has 0 aliphatic carbocycles. The van der Waals surface area contributed by atoms with Crippen LogP contribution in [0.15, 0.2) is 18.2 Å². The number of benzene rings is 1. The second-order valence-corrected chi connectivity index (χ2v) is 11.8. The van der Waals surface area contributed by atoms with Crippen LogP contribution < -0.4 is 32.3 Å². The molecule has 48 heavy (non-hydrogen) atoms. The summed E-state index contributed by atoms with van der Waals surface area (Å²) in [6, 6.07) is 1.69. The first kappa shape index (κ1) is 42.0. The molecule has 17 heteroatoms. The zero-order chi connectivity index (χ0) is 36.4. The molecule has 0 aliphatic heterocycles. The van der Waals surface area contributed by atoms with Gasteiger partial charge in [0.1, 0.15) is 31.1 Å². The molecule has 0 fully saturated rings. The molecule has 0 bridgehead atoms. The van der Waals surface area contributed by atoms with E-state index in [1.54, 1.807) is 27.7 Å². The van der Waals surface area contributed by atoms with Crippen molar-refractivity contribution in [1.29, 1.82) is 0 Å². The van der Waals surface area contributed by atoms with Crippen molar-refractivity contribution >= 4 is 59.6 Å². The fourth-order valence-electron chi connectivity index (χ4n) is 3.79. The number of ether oxygens (including phenoxy) is 2. The molecule has 0 saturated heterocycles. The van der Waals surface area contributed by atoms with E-state index >= 15 is 0 Å². The number of anilines is 1. The van der Waals surface area contributed by atoms with Crippen LogP contribution in [0.5, 0.6) is 0 Å². The van der Waals surface area contributed by atoms with Gasteiger partial charge in [0.25, 0.3) is 5.91 Å². The van der Waals surface area contributed by atoms with Gasteiger partial charge in [-0.2, -0.15) is 12.6 Å². The number of nitrogens with two attached hydrogens (primary N) is 1. The lowest BCUT2D eigenvalue weighted by Crippen LogP contribution is -2.58. The number of ketones is 1. The van der Waals surface area contributed by atoms with Crippen molar-refractivity contribution in [3.63, 3.8) is 0 Å². The minimum Gasteiger partial charge on any atom is -0.461 e. The highest BCUT2D eigenvalue weighted by Gasteiger charge is 2.29. The lowest BCUT2D eigenvalue weighted by atomic mass is 10.1. The van der Waals surface area contributed by atoms with Crippen molar-refractivity contribution in [1.82, 2.24) is 21.3 Å². The van der Waals surface area contributed by atoms with Crippen molar-refractivity contribution in [3.8, 4) is 0 Å². The number of Topliss-reactive ketones (excluding diaryl/α,β-unsaturated/α-hetero) is 1. The van der Waals surface area contributed by atoms with E-state index < -0.39 is 66.8 Å². The second kappa shape index (κ2) is 21.7. The van der Waals surface area contributed by atoms with Crippen LogP contribution in [-0.4, -0.2) is 103 Å². The van der Waals surface area contributed by atoms with Crippen molar-refractivity contribution in [3.05, 3.63) is 29.3 Å². The minimum absolute atomic E-state index is 0.0167. The topological polar surface area (TPSA) is 244 Å². The van der Waals surface area contributed by atoms with E-state index in [2.05, 4.69) is 39.2 Å². The molecule has 16 nitrogen and oxygen atoms in total. The lowest BCUT2D eigenvalue weighted by molar-refractivity contribution is -0.148. The Bertz CT molecular complexity index is 1290. The molecule has 5 amide bonds. The van der Waals surface area contributed by atoms with Gasteiger partial charge in [-0.05, 0) is 19.1 Å². The Labute approximate surface area is 285 Å². The van der Waals surface area contributed by atoms with Gasteiger partial charge in [0.15, 0.2) is 0 Å². The van der Waals surface area contributed by atoms with Gasteiger partial charge in [0, 0.05) is 48.0 Å². The van der Waals surface area contributed by atoms with Gasteiger partial charge < -0.3 is 46.9 Å². The van der Waals surface area contributed by atoms with Gasteiger partial charge in [0.05, 0.1) is 25.2 Å². The van der Waals surface area contributed by atoms with E-state index in [0.717, 1.165) is 0 Å². The summed E-state index contributed by atoms with van der Waals surface area (Å²) in [6.45, 7) is 7.36. The van der Waals surface area contributed by atoms with Gasteiger partial charge in [-0.1, -0.05) is 33.8 Å². The molecule has 0 spiro atoms. The second-order valence-electron chi connectivity index (χ2n) is 11.4. The minimum atomic E-state index is -1.49. The number of carbonyl (C=O) groups excluding carboxylic acids is 7. The van der Waals surface area contributed by atoms with Gasteiger partial charge >= 0.3 is 5.97 Å². The van der Waals surface area contributed by atoms with E-state index in [1.165, 1.54) is 25.1 Å². The molecule has 8 N–H and O–H groups in total. The zero-order valence-electron chi connectivity index (χ0n) is 27.9. The molecule has 0 aliphatic rings. The summed E-state index contributed by atoms with van der Waals surface area (Å²) in [4.78, 5) is 86.8. The fraction of sp³-hybridized carbons (Fsp3) is 0.581. The van der Waals surface area contributed by atoms with Gasteiger partial charge in [-0.15, -0.1) is 0 Å². The number of thiol groups is 1. The SMILES string of the molecule is CC(C)C(=O)CCOCC(=O)NC(CS)C(=O)NC(C(=O)NCC(=O)Nc1ccc(COC(=O)C(C)C)c(C(=O)NCCN)c1)C(C)O. The van der Waals surface area contributed by atoms with Gasteiger partial charge in [0.2, 0.25) is 23.6 Å². The number of aliphatic hydroxyl groups is 1. The van der Waals surface area contributed by atoms with E-state index in [9.17, 15) is 38.7 Å². The standard InChI is InChI=1S/C31H48N6O10S/c1-17(2)24(39)8-11-46-15-26(41)36-23(16-48)29(43)37-27(19(5)38)30(44)34-13-25(40)35-21-7-6-20(14-47-31(45)18(3)4)22(12-21)28(42)33-10-9-32/h6-7,12,17-19,23,27,38,48H,8-11,13-16,32H2,1-5H3,(H,33,42)(H,34,44)(H,35,40)(H,36,41)(H,37,43). The number of aliphatic hydroxyl groups excluding tert-OH is 1. The van der Waals surface area contributed by atoms with Crippen LogP contribution in [0.1, 0.15) is 57.0 Å². The molecule has 1 rings (SSSR count). The van der Waals surface area contributed by atoms with Crippen molar-refractivity contribution < 1.29 is 48.1 Å². The van der Waals surface area contributed by atoms with Crippen LogP contribution in [0, 0.1) is 11.8 Å². The number of nitrogens with one attached hydrogen (secondary N) is 5. The van der Waals surface area contributed by atoms with Gasteiger partial charge in [-0.3, -0.25) is 33.6 Å². The van der Waals surface area contributed by atoms with Crippen LogP contribution in [0.4, 0.5) is 5.69 Å². The first-order valence-electron chi connectivity index (χ1n) is 15.5. The molecule has 1 aromatic rings. The largest absolute Gasteiger partial charge is 0.461 e. The first-order valence-corrected chi connectivity index (χ1v) is 16.1. The molecule has 3 atom stereocenters.